The van der Waals surface area contributed by atoms with Gasteiger partial charge < -0.3 is 15.9 Å². The van der Waals surface area contributed by atoms with Gasteiger partial charge in [-0.3, -0.25) is 4.57 Å². The van der Waals surface area contributed by atoms with Gasteiger partial charge in [0.1, 0.15) is 0 Å². The standard InChI is InChI=1S/C13H15F3N4O2S/c14-13(15,16)8-2-1-3-9(4-8)20-11(5-17)18-19-12(20)23-7-10(22)6-21/h1-4,10,21-22H,5-7,17H2/t10-/m1/s1. The van der Waals surface area contributed by atoms with E-state index in [0.29, 0.717) is 5.82 Å². The van der Waals surface area contributed by atoms with E-state index < -0.39 is 24.5 Å². The highest BCUT2D eigenvalue weighted by molar-refractivity contribution is 7.99. The predicted octanol–water partition coefficient (Wildman–Crippen LogP) is 1.19. The van der Waals surface area contributed by atoms with E-state index in [9.17, 15) is 18.3 Å². The molecule has 1 heterocycles. The van der Waals surface area contributed by atoms with Crippen molar-refractivity contribution >= 4 is 11.8 Å². The van der Waals surface area contributed by atoms with E-state index in [1.54, 1.807) is 0 Å². The molecule has 6 nitrogen and oxygen atoms in total. The van der Waals surface area contributed by atoms with E-state index in [1.807, 2.05) is 0 Å². The van der Waals surface area contributed by atoms with E-state index in [2.05, 4.69) is 10.2 Å². The Balaban J connectivity index is 2.39. The maximum atomic E-state index is 12.9. The second kappa shape index (κ2) is 7.30. The van der Waals surface area contributed by atoms with Crippen LogP contribution in [0.2, 0.25) is 0 Å². The van der Waals surface area contributed by atoms with Gasteiger partial charge in [-0.05, 0) is 18.2 Å². The van der Waals surface area contributed by atoms with Crippen LogP contribution >= 0.6 is 11.8 Å². The van der Waals surface area contributed by atoms with E-state index in [4.69, 9.17) is 10.8 Å². The number of benzene rings is 1. The fraction of sp³-hybridized carbons (Fsp3) is 0.385. The molecule has 23 heavy (non-hydrogen) atoms. The first-order valence-electron chi connectivity index (χ1n) is 6.60. The zero-order valence-corrected chi connectivity index (χ0v) is 12.7. The molecule has 1 aromatic heterocycles. The SMILES string of the molecule is NCc1nnc(SC[C@H](O)CO)n1-c1cccc(C(F)(F)F)c1. The topological polar surface area (TPSA) is 97.2 Å². The van der Waals surface area contributed by atoms with Crippen molar-refractivity contribution in [2.75, 3.05) is 12.4 Å². The lowest BCUT2D eigenvalue weighted by molar-refractivity contribution is -0.137. The van der Waals surface area contributed by atoms with E-state index >= 15 is 0 Å². The Morgan fingerprint density at radius 2 is 2.04 bits per heavy atom. The molecule has 126 valence electrons. The molecule has 2 rings (SSSR count). The molecule has 0 saturated carbocycles. The number of hydrogen-bond donors (Lipinski definition) is 3. The molecule has 2 aromatic rings. The van der Waals surface area contributed by atoms with Crippen LogP contribution < -0.4 is 5.73 Å². The van der Waals surface area contributed by atoms with E-state index in [-0.39, 0.29) is 23.1 Å². The van der Waals surface area contributed by atoms with Gasteiger partial charge >= 0.3 is 6.18 Å². The van der Waals surface area contributed by atoms with Crippen LogP contribution in [0.5, 0.6) is 0 Å². The van der Waals surface area contributed by atoms with Crippen LogP contribution in [0.3, 0.4) is 0 Å². The molecule has 0 fully saturated rings. The highest BCUT2D eigenvalue weighted by atomic mass is 32.2. The molecular formula is C13H15F3N4O2S. The average Bonchev–Trinajstić information content (AvgIpc) is 2.94. The summed E-state index contributed by atoms with van der Waals surface area (Å²) in [6.45, 7) is -0.430. The molecule has 4 N–H and O–H groups in total. The first-order chi connectivity index (χ1) is 10.9. The number of alkyl halides is 3. The number of hydrogen-bond acceptors (Lipinski definition) is 6. The van der Waals surface area contributed by atoms with Crippen molar-refractivity contribution in [3.63, 3.8) is 0 Å². The largest absolute Gasteiger partial charge is 0.416 e. The molecule has 0 aliphatic heterocycles. The van der Waals surface area contributed by atoms with Crippen LogP contribution in [0, 0.1) is 0 Å². The fourth-order valence-corrected chi connectivity index (χ4v) is 2.72. The monoisotopic (exact) mass is 348 g/mol. The number of nitrogens with zero attached hydrogens (tertiary/aromatic N) is 3. The molecule has 0 amide bonds. The molecule has 0 unspecified atom stereocenters. The Bertz CT molecular complexity index is 663. The van der Waals surface area contributed by atoms with Crippen molar-refractivity contribution in [2.24, 2.45) is 5.73 Å². The maximum Gasteiger partial charge on any atom is 0.416 e. The third-order valence-corrected chi connectivity index (χ3v) is 4.00. The molecule has 1 atom stereocenters. The lowest BCUT2D eigenvalue weighted by Gasteiger charge is -2.13. The normalized spacial score (nSPS) is 13.3. The molecule has 0 spiro atoms. The van der Waals surface area contributed by atoms with Crippen molar-refractivity contribution < 1.29 is 23.4 Å². The molecule has 0 aliphatic rings. The molecule has 0 aliphatic carbocycles. The Kier molecular flexibility index (Phi) is 5.63. The number of nitrogens with two attached hydrogens (primary N) is 1. The number of rotatable bonds is 6. The Labute approximate surface area is 134 Å². The number of aliphatic hydroxyl groups excluding tert-OH is 2. The van der Waals surface area contributed by atoms with Crippen molar-refractivity contribution in [3.8, 4) is 5.69 Å². The Hall–Kier alpha value is -1.62. The van der Waals surface area contributed by atoms with Gasteiger partial charge in [0.05, 0.1) is 30.5 Å². The van der Waals surface area contributed by atoms with Crippen LogP contribution in [0.15, 0.2) is 29.4 Å². The minimum absolute atomic E-state index is 0.00758. The summed E-state index contributed by atoms with van der Waals surface area (Å²) in [5.41, 5.74) is 5.00. The minimum atomic E-state index is -4.46. The van der Waals surface area contributed by atoms with Crippen molar-refractivity contribution in [1.82, 2.24) is 14.8 Å². The third kappa shape index (κ3) is 4.22. The zero-order chi connectivity index (χ0) is 17.0. The first-order valence-corrected chi connectivity index (χ1v) is 7.59. The van der Waals surface area contributed by atoms with Crippen molar-refractivity contribution in [2.45, 2.75) is 24.0 Å². The number of halogens is 3. The summed E-state index contributed by atoms with van der Waals surface area (Å²) in [6.07, 6.45) is -5.43. The van der Waals surface area contributed by atoms with Gasteiger partial charge in [0.2, 0.25) is 0 Å². The number of aromatic nitrogens is 3. The number of thioether (sulfide) groups is 1. The molecule has 0 radical (unpaired) electrons. The smallest absolute Gasteiger partial charge is 0.394 e. The second-order valence-electron chi connectivity index (χ2n) is 4.63. The minimum Gasteiger partial charge on any atom is -0.394 e. The molecule has 0 bridgehead atoms. The predicted molar refractivity (Wildman–Crippen MR) is 78.1 cm³/mol. The van der Waals surface area contributed by atoms with Crippen LogP contribution in [-0.2, 0) is 12.7 Å². The summed E-state index contributed by atoms with van der Waals surface area (Å²) in [5.74, 6) is 0.420. The van der Waals surface area contributed by atoms with E-state index in [1.165, 1.54) is 16.7 Å². The first kappa shape index (κ1) is 17.7. The molecule has 0 saturated heterocycles. The lowest BCUT2D eigenvalue weighted by Crippen LogP contribution is -2.15. The van der Waals surface area contributed by atoms with Gasteiger partial charge in [0, 0.05) is 5.75 Å². The highest BCUT2D eigenvalue weighted by Crippen LogP contribution is 2.31. The fourth-order valence-electron chi connectivity index (χ4n) is 1.83. The molecule has 1 aromatic carbocycles. The highest BCUT2D eigenvalue weighted by Gasteiger charge is 2.31. The van der Waals surface area contributed by atoms with Crippen LogP contribution in [0.4, 0.5) is 13.2 Å². The van der Waals surface area contributed by atoms with Gasteiger partial charge in [0.25, 0.3) is 0 Å². The summed E-state index contributed by atoms with van der Waals surface area (Å²) in [6, 6.07) is 4.73. The van der Waals surface area contributed by atoms with Gasteiger partial charge in [-0.2, -0.15) is 13.2 Å². The van der Waals surface area contributed by atoms with Gasteiger partial charge in [-0.1, -0.05) is 17.8 Å². The van der Waals surface area contributed by atoms with Crippen molar-refractivity contribution in [3.05, 3.63) is 35.7 Å². The summed E-state index contributed by atoms with van der Waals surface area (Å²) in [4.78, 5) is 0. The Morgan fingerprint density at radius 1 is 1.30 bits per heavy atom. The van der Waals surface area contributed by atoms with Crippen LogP contribution in [0.1, 0.15) is 11.4 Å². The summed E-state index contributed by atoms with van der Waals surface area (Å²) >= 11 is 1.07. The molecule has 10 heteroatoms. The van der Waals surface area contributed by atoms with E-state index in [0.717, 1.165) is 23.9 Å². The Morgan fingerprint density at radius 3 is 2.65 bits per heavy atom. The number of aliphatic hydroxyl groups is 2. The summed E-state index contributed by atoms with van der Waals surface area (Å²) < 4.78 is 40.0. The molecular weight excluding hydrogens is 333 g/mol. The van der Waals surface area contributed by atoms with Crippen molar-refractivity contribution in [1.29, 1.82) is 0 Å². The van der Waals surface area contributed by atoms with Gasteiger partial charge in [-0.25, -0.2) is 0 Å². The maximum absolute atomic E-state index is 12.9. The third-order valence-electron chi connectivity index (χ3n) is 2.93. The van der Waals surface area contributed by atoms with Gasteiger partial charge in [-0.15, -0.1) is 10.2 Å². The zero-order valence-electron chi connectivity index (χ0n) is 11.9. The quantitative estimate of drug-likeness (QED) is 0.679. The van der Waals surface area contributed by atoms with Gasteiger partial charge in [0.15, 0.2) is 11.0 Å². The van der Waals surface area contributed by atoms with Crippen LogP contribution in [0.25, 0.3) is 5.69 Å². The lowest BCUT2D eigenvalue weighted by atomic mass is 10.2. The summed E-state index contributed by atoms with van der Waals surface area (Å²) in [7, 11) is 0. The van der Waals surface area contributed by atoms with Crippen LogP contribution in [-0.4, -0.2) is 43.4 Å². The summed E-state index contributed by atoms with van der Waals surface area (Å²) in [5, 5.41) is 26.2. The average molecular weight is 348 g/mol. The second-order valence-corrected chi connectivity index (χ2v) is 5.62.